The Morgan fingerprint density at radius 1 is 1.06 bits per heavy atom. The van der Waals surface area contributed by atoms with Gasteiger partial charge in [0, 0.05) is 17.8 Å². The highest BCUT2D eigenvalue weighted by molar-refractivity contribution is 7.18. The fourth-order valence-corrected chi connectivity index (χ4v) is 4.73. The molecule has 94 valence electrons. The van der Waals surface area contributed by atoms with E-state index in [0.717, 1.165) is 43.4 Å². The summed E-state index contributed by atoms with van der Waals surface area (Å²) >= 11 is 1.86. The molecule has 2 aliphatic rings. The van der Waals surface area contributed by atoms with Gasteiger partial charge in [-0.3, -0.25) is 4.79 Å². The zero-order valence-corrected chi connectivity index (χ0v) is 11.2. The molecular weight excluding hydrogens is 244 g/mol. The molecule has 0 amide bonds. The zero-order valence-electron chi connectivity index (χ0n) is 10.4. The number of fused-ring (bicyclic) bond motifs is 5. The van der Waals surface area contributed by atoms with Crippen molar-refractivity contribution < 1.29 is 0 Å². The van der Waals surface area contributed by atoms with E-state index < -0.39 is 0 Å². The Bertz CT molecular complexity index is 683. The van der Waals surface area contributed by atoms with Gasteiger partial charge in [0.05, 0.1) is 5.39 Å². The number of rotatable bonds is 0. The Kier molecular flexibility index (Phi) is 2.34. The van der Waals surface area contributed by atoms with E-state index in [4.69, 9.17) is 0 Å². The van der Waals surface area contributed by atoms with Crippen molar-refractivity contribution in [1.82, 2.24) is 9.55 Å². The summed E-state index contributed by atoms with van der Waals surface area (Å²) < 4.78 is 2.29. The molecule has 18 heavy (non-hydrogen) atoms. The largest absolute Gasteiger partial charge is 0.321 e. The Morgan fingerprint density at radius 2 is 1.94 bits per heavy atom. The summed E-state index contributed by atoms with van der Waals surface area (Å²) in [5.74, 6) is 1.00. The molecule has 3 heterocycles. The molecule has 0 N–H and O–H groups in total. The quantitative estimate of drug-likeness (QED) is 0.683. The molecule has 1 aliphatic carbocycles. The number of hydrogen-bond acceptors (Lipinski definition) is 3. The number of hydrogen-bond donors (Lipinski definition) is 0. The van der Waals surface area contributed by atoms with Crippen LogP contribution in [-0.4, -0.2) is 9.55 Å². The molecule has 0 fully saturated rings. The third-order valence-corrected chi connectivity index (χ3v) is 5.50. The summed E-state index contributed by atoms with van der Waals surface area (Å²) in [4.78, 5) is 19.2. The zero-order chi connectivity index (χ0) is 12.1. The van der Waals surface area contributed by atoms with Gasteiger partial charge in [0.25, 0.3) is 5.56 Å². The van der Waals surface area contributed by atoms with Crippen LogP contribution in [0.5, 0.6) is 0 Å². The van der Waals surface area contributed by atoms with E-state index in [9.17, 15) is 4.79 Å². The molecule has 0 unspecified atom stereocenters. The Morgan fingerprint density at radius 3 is 2.89 bits per heavy atom. The maximum absolute atomic E-state index is 12.3. The summed E-state index contributed by atoms with van der Waals surface area (Å²) in [5, 5.41) is 0.947. The molecule has 0 radical (unpaired) electrons. The van der Waals surface area contributed by atoms with Gasteiger partial charge >= 0.3 is 0 Å². The van der Waals surface area contributed by atoms with Crippen molar-refractivity contribution >= 4 is 21.6 Å². The highest BCUT2D eigenvalue weighted by Crippen LogP contribution is 2.35. The number of nitrogens with zero attached hydrogens (tertiary/aromatic N) is 2. The molecule has 0 aromatic carbocycles. The van der Waals surface area contributed by atoms with E-state index >= 15 is 0 Å². The predicted octanol–water partition coefficient (Wildman–Crippen LogP) is 2.67. The molecule has 0 spiro atoms. The van der Waals surface area contributed by atoms with Gasteiger partial charge in [-0.2, -0.15) is 4.98 Å². The van der Waals surface area contributed by atoms with Crippen LogP contribution in [0.15, 0.2) is 4.79 Å². The van der Waals surface area contributed by atoms with Gasteiger partial charge in [-0.1, -0.05) is 6.42 Å². The lowest BCUT2D eigenvalue weighted by atomic mass is 10.1. The summed E-state index contributed by atoms with van der Waals surface area (Å²) in [5.41, 5.74) is 1.35. The smallest absolute Gasteiger partial charge is 0.281 e. The summed E-state index contributed by atoms with van der Waals surface area (Å²) in [7, 11) is 0. The van der Waals surface area contributed by atoms with Crippen LogP contribution in [0.2, 0.25) is 0 Å². The van der Waals surface area contributed by atoms with Crippen molar-refractivity contribution in [3.8, 4) is 0 Å². The number of aromatic nitrogens is 2. The van der Waals surface area contributed by atoms with Crippen molar-refractivity contribution in [3.05, 3.63) is 26.6 Å². The monoisotopic (exact) mass is 260 g/mol. The fraction of sp³-hybridized carbons (Fsp3) is 0.571. The third kappa shape index (κ3) is 1.41. The minimum Gasteiger partial charge on any atom is -0.321 e. The van der Waals surface area contributed by atoms with Crippen LogP contribution in [0.3, 0.4) is 0 Å². The Balaban J connectivity index is 2.08. The van der Waals surface area contributed by atoms with Gasteiger partial charge in [-0.25, -0.2) is 0 Å². The van der Waals surface area contributed by atoms with Gasteiger partial charge in [0.2, 0.25) is 0 Å². The average molecular weight is 260 g/mol. The molecule has 0 saturated carbocycles. The van der Waals surface area contributed by atoms with Crippen LogP contribution >= 0.6 is 11.3 Å². The maximum Gasteiger partial charge on any atom is 0.281 e. The van der Waals surface area contributed by atoms with E-state index in [1.54, 1.807) is 0 Å². The minimum absolute atomic E-state index is 0.0255. The first-order chi connectivity index (χ1) is 8.84. The maximum atomic E-state index is 12.3. The van der Waals surface area contributed by atoms with E-state index in [1.165, 1.54) is 34.5 Å². The summed E-state index contributed by atoms with van der Waals surface area (Å²) in [6, 6.07) is 0. The lowest BCUT2D eigenvalue weighted by molar-refractivity contribution is 0.713. The van der Waals surface area contributed by atoms with Crippen molar-refractivity contribution in [2.45, 2.75) is 51.5 Å². The van der Waals surface area contributed by atoms with Crippen molar-refractivity contribution in [3.63, 3.8) is 0 Å². The fourth-order valence-electron chi connectivity index (χ4n) is 3.31. The normalized spacial score (nSPS) is 18.7. The molecule has 4 heteroatoms. The molecule has 2 aromatic rings. The molecule has 0 atom stereocenters. The van der Waals surface area contributed by atoms with Crippen LogP contribution < -0.4 is 5.56 Å². The molecule has 1 aliphatic heterocycles. The van der Waals surface area contributed by atoms with Gasteiger partial charge in [0.15, 0.2) is 0 Å². The minimum atomic E-state index is 0.0255. The lowest BCUT2D eigenvalue weighted by Crippen LogP contribution is -2.14. The van der Waals surface area contributed by atoms with E-state index in [2.05, 4.69) is 9.55 Å². The highest BCUT2D eigenvalue weighted by atomic mass is 32.1. The van der Waals surface area contributed by atoms with Crippen LogP contribution in [0.25, 0.3) is 10.2 Å². The van der Waals surface area contributed by atoms with Gasteiger partial charge in [-0.15, -0.1) is 11.3 Å². The molecule has 2 aromatic heterocycles. The molecule has 4 rings (SSSR count). The molecule has 3 nitrogen and oxygen atoms in total. The first kappa shape index (κ1) is 10.7. The third-order valence-electron chi connectivity index (χ3n) is 4.19. The van der Waals surface area contributed by atoms with Gasteiger partial charge in [0.1, 0.15) is 10.7 Å². The molecule has 0 bridgehead atoms. The topological polar surface area (TPSA) is 34.9 Å². The second kappa shape index (κ2) is 3.92. The van der Waals surface area contributed by atoms with Crippen LogP contribution in [0.4, 0.5) is 0 Å². The van der Waals surface area contributed by atoms with Gasteiger partial charge < -0.3 is 4.57 Å². The first-order valence-corrected chi connectivity index (χ1v) is 7.70. The second-order valence-electron chi connectivity index (χ2n) is 5.33. The van der Waals surface area contributed by atoms with Crippen LogP contribution in [-0.2, 0) is 25.8 Å². The van der Waals surface area contributed by atoms with E-state index in [0.29, 0.717) is 0 Å². The summed E-state index contributed by atoms with van der Waals surface area (Å²) in [6.07, 6.45) is 8.12. The molecule has 0 saturated heterocycles. The van der Waals surface area contributed by atoms with Crippen molar-refractivity contribution in [1.29, 1.82) is 0 Å². The second-order valence-corrected chi connectivity index (χ2v) is 6.42. The SMILES string of the molecule is O=c1nc2n(c3sc4c(c13)CCCCC4)CCC2. The number of thiophene rings is 1. The van der Waals surface area contributed by atoms with Crippen molar-refractivity contribution in [2.24, 2.45) is 0 Å². The van der Waals surface area contributed by atoms with Crippen LogP contribution in [0, 0.1) is 0 Å². The predicted molar refractivity (Wildman–Crippen MR) is 73.5 cm³/mol. The first-order valence-electron chi connectivity index (χ1n) is 6.88. The summed E-state index contributed by atoms with van der Waals surface area (Å²) in [6.45, 7) is 1.04. The standard InChI is InChI=1S/C14H16N2OS/c17-13-12-9-5-2-1-3-6-10(9)18-14(12)16-8-4-7-11(16)15-13/h1-8H2. The Hall–Kier alpha value is -1.16. The van der Waals surface area contributed by atoms with E-state index in [1.807, 2.05) is 11.3 Å². The lowest BCUT2D eigenvalue weighted by Gasteiger charge is -2.04. The van der Waals surface area contributed by atoms with Crippen LogP contribution in [0.1, 0.15) is 41.9 Å². The van der Waals surface area contributed by atoms with Gasteiger partial charge in [-0.05, 0) is 37.7 Å². The van der Waals surface area contributed by atoms with E-state index in [-0.39, 0.29) is 5.56 Å². The Labute approximate surface area is 109 Å². The van der Waals surface area contributed by atoms with Crippen molar-refractivity contribution in [2.75, 3.05) is 0 Å². The average Bonchev–Trinajstić information content (AvgIpc) is 2.88. The molecular formula is C14H16N2OS. The highest BCUT2D eigenvalue weighted by Gasteiger charge is 2.23. The number of aryl methyl sites for hydroxylation is 4.